The molecule has 0 saturated heterocycles. The Balaban J connectivity index is 2.52. The fourth-order valence-electron chi connectivity index (χ4n) is 1.47. The molecule has 0 aliphatic heterocycles. The van der Waals surface area contributed by atoms with Gasteiger partial charge in [0.25, 0.3) is 5.71 Å². The standard InChI is InChI=1S/C9H13NO5/c11-8(12)7(9(13)14)10-15-6-4-2-1-3-5-6/h6H,1-5H2,(H,11,12)(H,13,14). The number of carboxylic acid groups (broad SMARTS) is 2. The highest BCUT2D eigenvalue weighted by Gasteiger charge is 2.21. The molecule has 0 aromatic carbocycles. The lowest BCUT2D eigenvalue weighted by Gasteiger charge is -2.19. The predicted octanol–water partition coefficient (Wildman–Crippen LogP) is 0.861. The molecule has 0 spiro atoms. The topological polar surface area (TPSA) is 96.2 Å². The predicted molar refractivity (Wildman–Crippen MR) is 50.7 cm³/mol. The molecule has 0 amide bonds. The van der Waals surface area contributed by atoms with Gasteiger partial charge in [-0.1, -0.05) is 11.6 Å². The van der Waals surface area contributed by atoms with Crippen molar-refractivity contribution in [3.63, 3.8) is 0 Å². The maximum atomic E-state index is 10.4. The van der Waals surface area contributed by atoms with E-state index in [4.69, 9.17) is 15.1 Å². The molecule has 6 nitrogen and oxygen atoms in total. The lowest BCUT2D eigenvalue weighted by Crippen LogP contribution is -2.25. The number of nitrogens with zero attached hydrogens (tertiary/aromatic N) is 1. The average Bonchev–Trinajstić information content (AvgIpc) is 2.18. The monoisotopic (exact) mass is 215 g/mol. The van der Waals surface area contributed by atoms with Crippen LogP contribution in [0.1, 0.15) is 32.1 Å². The maximum Gasteiger partial charge on any atom is 0.365 e. The van der Waals surface area contributed by atoms with Crippen LogP contribution in [-0.4, -0.2) is 34.0 Å². The second kappa shape index (κ2) is 5.33. The Hall–Kier alpha value is -1.59. The average molecular weight is 215 g/mol. The molecule has 1 rings (SSSR count). The van der Waals surface area contributed by atoms with Gasteiger partial charge in [-0.15, -0.1) is 0 Å². The summed E-state index contributed by atoms with van der Waals surface area (Å²) in [6, 6.07) is 0. The highest BCUT2D eigenvalue weighted by atomic mass is 16.6. The molecule has 0 atom stereocenters. The van der Waals surface area contributed by atoms with Gasteiger partial charge in [0.05, 0.1) is 0 Å². The molecule has 0 aromatic rings. The van der Waals surface area contributed by atoms with Crippen molar-refractivity contribution in [2.45, 2.75) is 38.2 Å². The third-order valence-electron chi connectivity index (χ3n) is 2.25. The Bertz CT molecular complexity index is 264. The summed E-state index contributed by atoms with van der Waals surface area (Å²) in [6.07, 6.45) is 4.61. The SMILES string of the molecule is O=C(O)C(=NOC1CCCCC1)C(=O)O. The van der Waals surface area contributed by atoms with Gasteiger partial charge in [0.15, 0.2) is 0 Å². The van der Waals surface area contributed by atoms with Crippen molar-refractivity contribution in [2.24, 2.45) is 5.16 Å². The summed E-state index contributed by atoms with van der Waals surface area (Å²) in [5, 5.41) is 20.1. The van der Waals surface area contributed by atoms with Crippen molar-refractivity contribution in [1.29, 1.82) is 0 Å². The van der Waals surface area contributed by atoms with Gasteiger partial charge >= 0.3 is 11.9 Å². The molecule has 0 unspecified atom stereocenters. The van der Waals surface area contributed by atoms with E-state index >= 15 is 0 Å². The summed E-state index contributed by atoms with van der Waals surface area (Å²) in [5.41, 5.74) is -0.972. The van der Waals surface area contributed by atoms with Crippen LogP contribution >= 0.6 is 0 Å². The van der Waals surface area contributed by atoms with Crippen LogP contribution in [0.4, 0.5) is 0 Å². The second-order valence-electron chi connectivity index (χ2n) is 3.42. The van der Waals surface area contributed by atoms with Gasteiger partial charge in [0, 0.05) is 0 Å². The number of carboxylic acids is 2. The summed E-state index contributed by atoms with van der Waals surface area (Å²) in [5.74, 6) is -3.17. The smallest absolute Gasteiger partial charge is 0.365 e. The van der Waals surface area contributed by atoms with Gasteiger partial charge in [0.2, 0.25) is 0 Å². The van der Waals surface area contributed by atoms with Crippen LogP contribution in [-0.2, 0) is 14.4 Å². The van der Waals surface area contributed by atoms with Crippen molar-refractivity contribution in [3.05, 3.63) is 0 Å². The van der Waals surface area contributed by atoms with Crippen LogP contribution in [0.5, 0.6) is 0 Å². The minimum absolute atomic E-state index is 0.146. The summed E-state index contributed by atoms with van der Waals surface area (Å²) in [4.78, 5) is 25.7. The van der Waals surface area contributed by atoms with Gasteiger partial charge < -0.3 is 15.1 Å². The van der Waals surface area contributed by atoms with Crippen LogP contribution < -0.4 is 0 Å². The molecule has 84 valence electrons. The molecule has 0 heterocycles. The summed E-state index contributed by atoms with van der Waals surface area (Å²) in [6.45, 7) is 0. The van der Waals surface area contributed by atoms with Crippen LogP contribution in [0.25, 0.3) is 0 Å². The second-order valence-corrected chi connectivity index (χ2v) is 3.42. The summed E-state index contributed by atoms with van der Waals surface area (Å²) >= 11 is 0. The molecule has 2 N–H and O–H groups in total. The molecular weight excluding hydrogens is 202 g/mol. The van der Waals surface area contributed by atoms with Crippen molar-refractivity contribution in [1.82, 2.24) is 0 Å². The Morgan fingerprint density at radius 1 is 1.07 bits per heavy atom. The highest BCUT2D eigenvalue weighted by molar-refractivity contribution is 6.61. The molecule has 1 saturated carbocycles. The summed E-state index contributed by atoms with van der Waals surface area (Å²) in [7, 11) is 0. The fraction of sp³-hybridized carbons (Fsp3) is 0.667. The van der Waals surface area contributed by atoms with Crippen molar-refractivity contribution in [2.75, 3.05) is 0 Å². The van der Waals surface area contributed by atoms with E-state index in [-0.39, 0.29) is 6.10 Å². The van der Waals surface area contributed by atoms with Gasteiger partial charge in [-0.05, 0) is 25.7 Å². The van der Waals surface area contributed by atoms with E-state index in [1.165, 1.54) is 0 Å². The van der Waals surface area contributed by atoms with E-state index in [2.05, 4.69) is 5.16 Å². The number of rotatable bonds is 4. The quantitative estimate of drug-likeness (QED) is 0.412. The number of carbonyl (C=O) groups is 2. The maximum absolute atomic E-state index is 10.4. The molecule has 6 heteroatoms. The molecule has 0 bridgehead atoms. The third kappa shape index (κ3) is 3.57. The number of hydrogen-bond donors (Lipinski definition) is 2. The molecule has 0 aromatic heterocycles. The van der Waals surface area contributed by atoms with E-state index in [1.807, 2.05) is 0 Å². The van der Waals surface area contributed by atoms with E-state index in [1.54, 1.807) is 0 Å². The van der Waals surface area contributed by atoms with Crippen LogP contribution in [0, 0.1) is 0 Å². The lowest BCUT2D eigenvalue weighted by molar-refractivity contribution is -0.135. The Morgan fingerprint density at radius 3 is 2.07 bits per heavy atom. The lowest BCUT2D eigenvalue weighted by atomic mass is 9.98. The first kappa shape index (κ1) is 11.5. The van der Waals surface area contributed by atoms with Crippen molar-refractivity contribution in [3.8, 4) is 0 Å². The zero-order valence-electron chi connectivity index (χ0n) is 8.18. The molecule has 1 fully saturated rings. The van der Waals surface area contributed by atoms with Gasteiger partial charge in [-0.25, -0.2) is 9.59 Å². The molecule has 1 aliphatic rings. The first-order chi connectivity index (χ1) is 7.11. The van der Waals surface area contributed by atoms with E-state index in [0.29, 0.717) is 0 Å². The Labute approximate surface area is 86.5 Å². The zero-order valence-corrected chi connectivity index (χ0v) is 8.18. The summed E-state index contributed by atoms with van der Waals surface area (Å²) < 4.78 is 0. The zero-order chi connectivity index (χ0) is 11.3. The first-order valence-electron chi connectivity index (χ1n) is 4.81. The molecule has 1 aliphatic carbocycles. The van der Waals surface area contributed by atoms with Crippen molar-refractivity contribution >= 4 is 17.7 Å². The molecule has 15 heavy (non-hydrogen) atoms. The minimum Gasteiger partial charge on any atom is -0.476 e. The Morgan fingerprint density at radius 2 is 1.60 bits per heavy atom. The van der Waals surface area contributed by atoms with Crippen molar-refractivity contribution < 1.29 is 24.6 Å². The van der Waals surface area contributed by atoms with E-state index in [0.717, 1.165) is 32.1 Å². The van der Waals surface area contributed by atoms with E-state index in [9.17, 15) is 9.59 Å². The highest BCUT2D eigenvalue weighted by Crippen LogP contribution is 2.20. The molecule has 0 radical (unpaired) electrons. The third-order valence-corrected chi connectivity index (χ3v) is 2.25. The van der Waals surface area contributed by atoms with Gasteiger partial charge in [0.1, 0.15) is 6.10 Å². The largest absolute Gasteiger partial charge is 0.476 e. The first-order valence-corrected chi connectivity index (χ1v) is 4.81. The number of oxime groups is 1. The number of aliphatic carboxylic acids is 2. The Kier molecular flexibility index (Phi) is 4.08. The van der Waals surface area contributed by atoms with E-state index < -0.39 is 17.7 Å². The molecular formula is C9H13NO5. The van der Waals surface area contributed by atoms with Crippen LogP contribution in [0.3, 0.4) is 0 Å². The normalized spacial score (nSPS) is 16.8. The van der Waals surface area contributed by atoms with Gasteiger partial charge in [-0.3, -0.25) is 0 Å². The van der Waals surface area contributed by atoms with Crippen LogP contribution in [0.2, 0.25) is 0 Å². The number of hydrogen-bond acceptors (Lipinski definition) is 4. The van der Waals surface area contributed by atoms with Crippen LogP contribution in [0.15, 0.2) is 5.16 Å². The minimum atomic E-state index is -1.58. The fourth-order valence-corrected chi connectivity index (χ4v) is 1.47. The van der Waals surface area contributed by atoms with Gasteiger partial charge in [-0.2, -0.15) is 0 Å².